The van der Waals surface area contributed by atoms with Crippen molar-refractivity contribution in [3.8, 4) is 0 Å². The summed E-state index contributed by atoms with van der Waals surface area (Å²) in [5.41, 5.74) is 0. The van der Waals surface area contributed by atoms with Crippen LogP contribution in [-0.4, -0.2) is 30.9 Å². The quantitative estimate of drug-likeness (QED) is 0.561. The second-order valence-electron chi connectivity index (χ2n) is 3.28. The van der Waals surface area contributed by atoms with Crippen LogP contribution in [0, 0.1) is 0 Å². The highest BCUT2D eigenvalue weighted by Gasteiger charge is 2.22. The molecule has 0 bridgehead atoms. The molecular weight excluding hydrogens is 154 g/mol. The van der Waals surface area contributed by atoms with Gasteiger partial charge in [-0.05, 0) is 6.42 Å². The molecule has 1 saturated heterocycles. The number of nitrogens with one attached hydrogen (secondary N) is 2. The van der Waals surface area contributed by atoms with Crippen molar-refractivity contribution < 1.29 is 4.79 Å². The van der Waals surface area contributed by atoms with Gasteiger partial charge >= 0.3 is 0 Å². The summed E-state index contributed by atoms with van der Waals surface area (Å²) in [6.45, 7) is 1.69. The van der Waals surface area contributed by atoms with E-state index in [-0.39, 0.29) is 11.9 Å². The highest BCUT2D eigenvalue weighted by molar-refractivity contribution is 5.86. The molecule has 0 aliphatic carbocycles. The van der Waals surface area contributed by atoms with Gasteiger partial charge in [0.05, 0.1) is 11.9 Å². The molecule has 4 nitrogen and oxygen atoms in total. The van der Waals surface area contributed by atoms with Crippen molar-refractivity contribution in [2.24, 2.45) is 4.99 Å². The summed E-state index contributed by atoms with van der Waals surface area (Å²) in [5, 5.41) is 6.06. The average molecular weight is 167 g/mol. The first-order chi connectivity index (χ1) is 5.84. The van der Waals surface area contributed by atoms with Gasteiger partial charge in [0.25, 0.3) is 0 Å². The molecule has 0 radical (unpaired) electrons. The predicted molar refractivity (Wildman–Crippen MR) is 46.1 cm³/mol. The SMILES string of the molecule is O=C1CC(NC2=NCCC2)CN1. The summed E-state index contributed by atoms with van der Waals surface area (Å²) in [6, 6.07) is 0.273. The van der Waals surface area contributed by atoms with Crippen LogP contribution >= 0.6 is 0 Å². The number of nitrogens with zero attached hydrogens (tertiary/aromatic N) is 1. The van der Waals surface area contributed by atoms with Crippen LogP contribution in [0.4, 0.5) is 0 Å². The van der Waals surface area contributed by atoms with Crippen molar-refractivity contribution in [1.82, 2.24) is 10.6 Å². The summed E-state index contributed by atoms with van der Waals surface area (Å²) in [5.74, 6) is 1.22. The third-order valence-corrected chi connectivity index (χ3v) is 2.22. The predicted octanol–water partition coefficient (Wildman–Crippen LogP) is -0.343. The van der Waals surface area contributed by atoms with Gasteiger partial charge in [-0.1, -0.05) is 0 Å². The summed E-state index contributed by atoms with van der Waals surface area (Å²) >= 11 is 0. The Labute approximate surface area is 71.4 Å². The van der Waals surface area contributed by atoms with E-state index in [0.717, 1.165) is 31.8 Å². The molecule has 66 valence electrons. The van der Waals surface area contributed by atoms with Gasteiger partial charge in [0.15, 0.2) is 0 Å². The Hall–Kier alpha value is -1.06. The number of amidine groups is 1. The normalized spacial score (nSPS) is 28.5. The Morgan fingerprint density at radius 2 is 2.50 bits per heavy atom. The van der Waals surface area contributed by atoms with E-state index in [1.807, 2.05) is 0 Å². The van der Waals surface area contributed by atoms with Gasteiger partial charge in [-0.3, -0.25) is 9.79 Å². The maximum absolute atomic E-state index is 10.8. The lowest BCUT2D eigenvalue weighted by molar-refractivity contribution is -0.119. The van der Waals surface area contributed by atoms with E-state index in [1.165, 1.54) is 0 Å². The molecule has 1 atom stereocenters. The third-order valence-electron chi connectivity index (χ3n) is 2.22. The van der Waals surface area contributed by atoms with Crippen LogP contribution in [0.3, 0.4) is 0 Å². The molecule has 1 amide bonds. The van der Waals surface area contributed by atoms with E-state index < -0.39 is 0 Å². The van der Waals surface area contributed by atoms with Crippen molar-refractivity contribution >= 4 is 11.7 Å². The lowest BCUT2D eigenvalue weighted by Crippen LogP contribution is -2.35. The monoisotopic (exact) mass is 167 g/mol. The first-order valence-corrected chi connectivity index (χ1v) is 4.41. The maximum atomic E-state index is 10.8. The molecule has 4 heteroatoms. The summed E-state index contributed by atoms with van der Waals surface area (Å²) in [4.78, 5) is 15.1. The topological polar surface area (TPSA) is 53.5 Å². The van der Waals surface area contributed by atoms with Gasteiger partial charge < -0.3 is 10.6 Å². The van der Waals surface area contributed by atoms with Gasteiger partial charge in [0.1, 0.15) is 0 Å². The number of hydrogen-bond donors (Lipinski definition) is 2. The second-order valence-corrected chi connectivity index (χ2v) is 3.28. The molecule has 0 aromatic heterocycles. The Kier molecular flexibility index (Phi) is 1.98. The fraction of sp³-hybridized carbons (Fsp3) is 0.750. The smallest absolute Gasteiger partial charge is 0.222 e. The van der Waals surface area contributed by atoms with E-state index in [9.17, 15) is 4.79 Å². The molecule has 0 aromatic rings. The standard InChI is InChI=1S/C8H13N3O/c12-8-4-6(5-10-8)11-7-2-1-3-9-7/h6H,1-5H2,(H,9,11)(H,10,12). The van der Waals surface area contributed by atoms with Gasteiger partial charge in [0, 0.05) is 25.9 Å². The number of amides is 1. The Bertz CT molecular complexity index is 224. The maximum Gasteiger partial charge on any atom is 0.222 e. The molecule has 12 heavy (non-hydrogen) atoms. The van der Waals surface area contributed by atoms with Crippen LogP contribution in [0.2, 0.25) is 0 Å². The zero-order valence-corrected chi connectivity index (χ0v) is 6.97. The highest BCUT2D eigenvalue weighted by atomic mass is 16.1. The van der Waals surface area contributed by atoms with Gasteiger partial charge in [-0.15, -0.1) is 0 Å². The minimum atomic E-state index is 0.145. The van der Waals surface area contributed by atoms with Crippen molar-refractivity contribution in [2.45, 2.75) is 25.3 Å². The fourth-order valence-electron chi connectivity index (χ4n) is 1.60. The number of aliphatic imine (C=N–C) groups is 1. The van der Waals surface area contributed by atoms with Crippen LogP contribution in [0.1, 0.15) is 19.3 Å². The Morgan fingerprint density at radius 1 is 1.58 bits per heavy atom. The highest BCUT2D eigenvalue weighted by Crippen LogP contribution is 2.05. The Balaban J connectivity index is 1.83. The largest absolute Gasteiger partial charge is 0.369 e. The first-order valence-electron chi connectivity index (χ1n) is 4.41. The van der Waals surface area contributed by atoms with Crippen molar-refractivity contribution in [3.63, 3.8) is 0 Å². The van der Waals surface area contributed by atoms with E-state index in [4.69, 9.17) is 0 Å². The molecule has 2 aliphatic heterocycles. The average Bonchev–Trinajstić information content (AvgIpc) is 2.63. The molecule has 1 fully saturated rings. The van der Waals surface area contributed by atoms with Crippen LogP contribution < -0.4 is 10.6 Å². The summed E-state index contributed by atoms with van der Waals surface area (Å²) < 4.78 is 0. The third kappa shape index (κ3) is 1.57. The number of hydrogen-bond acceptors (Lipinski definition) is 3. The minimum absolute atomic E-state index is 0.145. The molecule has 1 unspecified atom stereocenters. The Morgan fingerprint density at radius 3 is 3.08 bits per heavy atom. The van der Waals surface area contributed by atoms with Crippen molar-refractivity contribution in [1.29, 1.82) is 0 Å². The lowest BCUT2D eigenvalue weighted by atomic mass is 10.2. The first kappa shape index (κ1) is 7.58. The van der Waals surface area contributed by atoms with Crippen molar-refractivity contribution in [2.75, 3.05) is 13.1 Å². The molecule has 2 aliphatic rings. The molecule has 0 aromatic carbocycles. The molecule has 2 heterocycles. The number of carbonyl (C=O) groups is 1. The zero-order chi connectivity index (χ0) is 8.39. The van der Waals surface area contributed by atoms with Gasteiger partial charge in [-0.25, -0.2) is 0 Å². The van der Waals surface area contributed by atoms with E-state index in [1.54, 1.807) is 0 Å². The lowest BCUT2D eigenvalue weighted by Gasteiger charge is -2.10. The fourth-order valence-corrected chi connectivity index (χ4v) is 1.60. The van der Waals surface area contributed by atoms with Crippen LogP contribution in [-0.2, 0) is 4.79 Å². The zero-order valence-electron chi connectivity index (χ0n) is 6.97. The molecule has 0 saturated carbocycles. The minimum Gasteiger partial charge on any atom is -0.369 e. The van der Waals surface area contributed by atoms with Gasteiger partial charge in [0.2, 0.25) is 5.91 Å². The molecule has 2 rings (SSSR count). The van der Waals surface area contributed by atoms with E-state index in [2.05, 4.69) is 15.6 Å². The van der Waals surface area contributed by atoms with Crippen LogP contribution in [0.15, 0.2) is 4.99 Å². The number of carbonyl (C=O) groups excluding carboxylic acids is 1. The summed E-state index contributed by atoms with van der Waals surface area (Å²) in [6.07, 6.45) is 2.79. The van der Waals surface area contributed by atoms with E-state index >= 15 is 0 Å². The van der Waals surface area contributed by atoms with Crippen LogP contribution in [0.25, 0.3) is 0 Å². The summed E-state index contributed by atoms with van der Waals surface area (Å²) in [7, 11) is 0. The van der Waals surface area contributed by atoms with Crippen LogP contribution in [0.5, 0.6) is 0 Å². The molecule has 2 N–H and O–H groups in total. The molecular formula is C8H13N3O. The van der Waals surface area contributed by atoms with Crippen molar-refractivity contribution in [3.05, 3.63) is 0 Å². The molecule has 0 spiro atoms. The van der Waals surface area contributed by atoms with E-state index in [0.29, 0.717) is 6.42 Å². The number of rotatable bonds is 1. The van der Waals surface area contributed by atoms with Gasteiger partial charge in [-0.2, -0.15) is 0 Å². The second kappa shape index (κ2) is 3.13.